The number of nitrogens with zero attached hydrogens (tertiary/aromatic N) is 3. The molecule has 0 fully saturated rings. The second kappa shape index (κ2) is 7.97. The molecule has 0 aliphatic heterocycles. The van der Waals surface area contributed by atoms with Crippen molar-refractivity contribution in [2.45, 2.75) is 0 Å². The van der Waals surface area contributed by atoms with E-state index in [1.807, 2.05) is 35.3 Å². The molecule has 5 heteroatoms. The predicted molar refractivity (Wildman–Crippen MR) is 126 cm³/mol. The van der Waals surface area contributed by atoms with Gasteiger partial charge in [0.1, 0.15) is 0 Å². The molecule has 30 heavy (non-hydrogen) atoms. The van der Waals surface area contributed by atoms with Crippen LogP contribution < -0.4 is 4.80 Å². The fraction of sp³-hybridized carbons (Fsp3) is 0.0400. The lowest BCUT2D eigenvalue weighted by atomic mass is 10.0. The van der Waals surface area contributed by atoms with Gasteiger partial charge in [0, 0.05) is 40.7 Å². The molecule has 0 bridgehead atoms. The number of aromatic amines is 1. The number of benzene rings is 3. The Balaban J connectivity index is 1.52. The lowest BCUT2D eigenvalue weighted by Crippen LogP contribution is -2.11. The Labute approximate surface area is 178 Å². The van der Waals surface area contributed by atoms with Crippen LogP contribution in [0.4, 0.5) is 0 Å². The summed E-state index contributed by atoms with van der Waals surface area (Å²) < 4.78 is 1.91. The zero-order valence-electron chi connectivity index (χ0n) is 16.5. The fourth-order valence-electron chi connectivity index (χ4n) is 3.55. The van der Waals surface area contributed by atoms with Crippen LogP contribution in [0.1, 0.15) is 5.56 Å². The van der Waals surface area contributed by atoms with Crippen molar-refractivity contribution in [3.05, 3.63) is 101 Å². The number of para-hydroxylation sites is 1. The maximum absolute atomic E-state index is 4.77. The van der Waals surface area contributed by atoms with E-state index in [4.69, 9.17) is 5.10 Å². The van der Waals surface area contributed by atoms with Crippen LogP contribution in [0.2, 0.25) is 0 Å². The van der Waals surface area contributed by atoms with Gasteiger partial charge in [0.05, 0.1) is 11.9 Å². The zero-order chi connectivity index (χ0) is 20.3. The highest BCUT2D eigenvalue weighted by atomic mass is 32.1. The van der Waals surface area contributed by atoms with E-state index in [0.29, 0.717) is 0 Å². The van der Waals surface area contributed by atoms with E-state index in [0.717, 1.165) is 32.5 Å². The van der Waals surface area contributed by atoms with Crippen LogP contribution in [0.3, 0.4) is 0 Å². The quantitative estimate of drug-likeness (QED) is 0.367. The Morgan fingerprint density at radius 3 is 2.33 bits per heavy atom. The molecule has 4 nitrogen and oxygen atoms in total. The van der Waals surface area contributed by atoms with Gasteiger partial charge >= 0.3 is 0 Å². The number of hydrogen-bond acceptors (Lipinski definition) is 3. The van der Waals surface area contributed by atoms with E-state index < -0.39 is 0 Å². The molecule has 146 valence electrons. The summed E-state index contributed by atoms with van der Waals surface area (Å²) >= 11 is 1.59. The molecule has 3 aromatic carbocycles. The van der Waals surface area contributed by atoms with Crippen LogP contribution in [0, 0.1) is 0 Å². The van der Waals surface area contributed by atoms with Gasteiger partial charge in [-0.05, 0) is 17.2 Å². The van der Waals surface area contributed by atoms with Crippen molar-refractivity contribution in [2.75, 3.05) is 7.05 Å². The van der Waals surface area contributed by atoms with Gasteiger partial charge in [0.2, 0.25) is 4.80 Å². The molecular weight excluding hydrogens is 388 g/mol. The van der Waals surface area contributed by atoms with Gasteiger partial charge in [-0.15, -0.1) is 11.3 Å². The average molecular weight is 409 g/mol. The molecule has 0 unspecified atom stereocenters. The number of fused-ring (bicyclic) bond motifs is 1. The Bertz CT molecular complexity index is 1390. The Morgan fingerprint density at radius 1 is 0.833 bits per heavy atom. The second-order valence-corrected chi connectivity index (χ2v) is 7.75. The van der Waals surface area contributed by atoms with Crippen molar-refractivity contribution in [1.82, 2.24) is 9.66 Å². The summed E-state index contributed by atoms with van der Waals surface area (Å²) in [6, 6.07) is 27.2. The summed E-state index contributed by atoms with van der Waals surface area (Å²) in [6.07, 6.45) is 3.88. The van der Waals surface area contributed by atoms with Gasteiger partial charge in [-0.1, -0.05) is 72.8 Å². The molecule has 0 aliphatic rings. The average Bonchev–Trinajstić information content (AvgIpc) is 3.42. The first-order chi connectivity index (χ1) is 14.8. The minimum absolute atomic E-state index is 0.855. The van der Waals surface area contributed by atoms with Gasteiger partial charge in [-0.25, -0.2) is 4.68 Å². The van der Waals surface area contributed by atoms with Crippen LogP contribution in [0.15, 0.2) is 101 Å². The van der Waals surface area contributed by atoms with Crippen molar-refractivity contribution < 1.29 is 0 Å². The summed E-state index contributed by atoms with van der Waals surface area (Å²) in [4.78, 5) is 8.55. The smallest absolute Gasteiger partial charge is 0.205 e. The number of aromatic nitrogens is 2. The first-order valence-electron chi connectivity index (χ1n) is 9.73. The third-order valence-corrected chi connectivity index (χ3v) is 6.01. The van der Waals surface area contributed by atoms with Crippen LogP contribution >= 0.6 is 11.3 Å². The topological polar surface area (TPSA) is 45.4 Å². The van der Waals surface area contributed by atoms with E-state index in [1.165, 1.54) is 11.1 Å². The minimum atomic E-state index is 0.855. The third kappa shape index (κ3) is 3.40. The van der Waals surface area contributed by atoms with E-state index in [-0.39, 0.29) is 0 Å². The first kappa shape index (κ1) is 18.3. The molecule has 0 atom stereocenters. The molecule has 1 N–H and O–H groups in total. The molecule has 5 rings (SSSR count). The number of nitrogens with one attached hydrogen (secondary N) is 1. The van der Waals surface area contributed by atoms with Gasteiger partial charge in [-0.3, -0.25) is 4.99 Å². The summed E-state index contributed by atoms with van der Waals surface area (Å²) in [5, 5.41) is 8.03. The maximum Gasteiger partial charge on any atom is 0.205 e. The summed E-state index contributed by atoms with van der Waals surface area (Å²) in [5.74, 6) is 0. The van der Waals surface area contributed by atoms with Crippen molar-refractivity contribution in [3.63, 3.8) is 0 Å². The molecule has 2 heterocycles. The highest BCUT2D eigenvalue weighted by Gasteiger charge is 2.08. The molecular formula is C25H20N4S. The van der Waals surface area contributed by atoms with E-state index in [2.05, 4.69) is 76.0 Å². The van der Waals surface area contributed by atoms with Crippen molar-refractivity contribution >= 4 is 28.5 Å². The summed E-state index contributed by atoms with van der Waals surface area (Å²) in [7, 11) is 1.80. The Hall–Kier alpha value is -3.70. The monoisotopic (exact) mass is 408 g/mol. The van der Waals surface area contributed by atoms with Gasteiger partial charge in [-0.2, -0.15) is 5.10 Å². The van der Waals surface area contributed by atoms with Crippen LogP contribution in [-0.4, -0.2) is 22.9 Å². The molecule has 0 saturated carbocycles. The third-order valence-electron chi connectivity index (χ3n) is 5.10. The number of H-pyrrole nitrogens is 1. The summed E-state index contributed by atoms with van der Waals surface area (Å²) in [5.41, 5.74) is 6.70. The first-order valence-corrected chi connectivity index (χ1v) is 10.6. The molecule has 0 spiro atoms. The highest BCUT2D eigenvalue weighted by molar-refractivity contribution is 7.07. The van der Waals surface area contributed by atoms with Crippen molar-refractivity contribution in [2.24, 2.45) is 10.1 Å². The highest BCUT2D eigenvalue weighted by Crippen LogP contribution is 2.25. The van der Waals surface area contributed by atoms with Crippen molar-refractivity contribution in [1.29, 1.82) is 0 Å². The molecule has 0 aliphatic carbocycles. The lowest BCUT2D eigenvalue weighted by molar-refractivity contribution is 0.848. The number of rotatable bonds is 4. The minimum Gasteiger partial charge on any atom is -0.361 e. The SMILES string of the molecule is CN=c1scc(-c2ccc(-c3ccccc3)cc2)n1N=Cc1c[nH]c2ccccc12. The molecule has 2 aromatic heterocycles. The number of thiazole rings is 1. The normalized spacial score (nSPS) is 12.2. The van der Waals surface area contributed by atoms with Gasteiger partial charge in [0.25, 0.3) is 0 Å². The maximum atomic E-state index is 4.77. The van der Waals surface area contributed by atoms with Crippen LogP contribution in [0.25, 0.3) is 33.3 Å². The van der Waals surface area contributed by atoms with E-state index in [9.17, 15) is 0 Å². The largest absolute Gasteiger partial charge is 0.361 e. The molecule has 0 amide bonds. The van der Waals surface area contributed by atoms with E-state index in [1.54, 1.807) is 18.4 Å². The summed E-state index contributed by atoms with van der Waals surface area (Å²) in [6.45, 7) is 0. The van der Waals surface area contributed by atoms with E-state index >= 15 is 0 Å². The second-order valence-electron chi connectivity index (χ2n) is 6.92. The van der Waals surface area contributed by atoms with Crippen LogP contribution in [-0.2, 0) is 0 Å². The van der Waals surface area contributed by atoms with Crippen LogP contribution in [0.5, 0.6) is 0 Å². The molecule has 0 saturated heterocycles. The van der Waals surface area contributed by atoms with Crippen molar-refractivity contribution in [3.8, 4) is 22.4 Å². The molecule has 5 aromatic rings. The lowest BCUT2D eigenvalue weighted by Gasteiger charge is -2.06. The Kier molecular flexibility index (Phi) is 4.87. The number of hydrogen-bond donors (Lipinski definition) is 1. The molecule has 0 radical (unpaired) electrons. The zero-order valence-corrected chi connectivity index (χ0v) is 17.3. The standard InChI is InChI=1S/C25H20N4S/c1-26-25-29(28-16-21-15-27-23-10-6-5-9-22(21)23)24(17-30-25)20-13-11-19(12-14-20)18-7-3-2-4-8-18/h2-17,27H,1H3. The predicted octanol–water partition coefficient (Wildman–Crippen LogP) is 5.78. The van der Waals surface area contributed by atoms with Gasteiger partial charge in [0.15, 0.2) is 0 Å². The fourth-order valence-corrected chi connectivity index (χ4v) is 4.35. The Morgan fingerprint density at radius 2 is 1.53 bits per heavy atom. The van der Waals surface area contributed by atoms with Gasteiger partial charge < -0.3 is 4.98 Å².